The number of hydrogen-bond donors (Lipinski definition) is 3. The van der Waals surface area contributed by atoms with Crippen LogP contribution in [0.3, 0.4) is 0 Å². The van der Waals surface area contributed by atoms with Crippen LogP contribution in [-0.4, -0.2) is 32.7 Å². The van der Waals surface area contributed by atoms with Gasteiger partial charge in [-0.1, -0.05) is 13.3 Å². The molecule has 6 nitrogen and oxygen atoms in total. The Bertz CT molecular complexity index is 462. The van der Waals surface area contributed by atoms with Crippen LogP contribution < -0.4 is 5.32 Å². The lowest BCUT2D eigenvalue weighted by molar-refractivity contribution is -0.147. The van der Waals surface area contributed by atoms with Crippen LogP contribution in [0.2, 0.25) is 0 Å². The Hall–Kier alpha value is -1.85. The Morgan fingerprint density at radius 3 is 2.47 bits per heavy atom. The largest absolute Gasteiger partial charge is 0.480 e. The molecule has 1 unspecified atom stereocenters. The molecule has 0 aliphatic rings. The van der Waals surface area contributed by atoms with Gasteiger partial charge in [-0.25, -0.2) is 4.79 Å². The first-order valence-corrected chi connectivity index (χ1v) is 6.35. The summed E-state index contributed by atoms with van der Waals surface area (Å²) in [6, 6.07) is 0. The van der Waals surface area contributed by atoms with Crippen molar-refractivity contribution in [2.75, 3.05) is 0 Å². The van der Waals surface area contributed by atoms with Gasteiger partial charge in [-0.15, -0.1) is 0 Å². The van der Waals surface area contributed by atoms with Crippen LogP contribution in [-0.2, 0) is 16.0 Å². The molecule has 0 aromatic carbocycles. The Kier molecular flexibility index (Phi) is 4.69. The Morgan fingerprint density at radius 1 is 1.42 bits per heavy atom. The van der Waals surface area contributed by atoms with Crippen LogP contribution in [0.1, 0.15) is 43.6 Å². The molecule has 0 aliphatic carbocycles. The summed E-state index contributed by atoms with van der Waals surface area (Å²) in [7, 11) is 0. The lowest BCUT2D eigenvalue weighted by Gasteiger charge is -2.25. The molecule has 3 N–H and O–H groups in total. The maximum Gasteiger partial charge on any atom is 0.329 e. The third kappa shape index (κ3) is 3.56. The van der Waals surface area contributed by atoms with Gasteiger partial charge in [0.1, 0.15) is 5.54 Å². The second-order valence-corrected chi connectivity index (χ2v) is 5.02. The second-order valence-electron chi connectivity index (χ2n) is 5.02. The number of aromatic nitrogens is 2. The van der Waals surface area contributed by atoms with Gasteiger partial charge >= 0.3 is 5.97 Å². The summed E-state index contributed by atoms with van der Waals surface area (Å²) in [6.45, 7) is 7.07. The molecule has 0 spiro atoms. The highest BCUT2D eigenvalue weighted by Gasteiger charge is 2.33. The molecule has 0 saturated carbocycles. The number of rotatable bonds is 6. The number of aromatic amines is 1. The van der Waals surface area contributed by atoms with E-state index in [0.29, 0.717) is 12.8 Å². The molecule has 0 aliphatic heterocycles. The number of aryl methyl sites for hydroxylation is 2. The van der Waals surface area contributed by atoms with Crippen LogP contribution in [0, 0.1) is 13.8 Å². The van der Waals surface area contributed by atoms with Gasteiger partial charge in [0, 0.05) is 11.3 Å². The Morgan fingerprint density at radius 2 is 2.05 bits per heavy atom. The van der Waals surface area contributed by atoms with Crippen molar-refractivity contribution in [3.63, 3.8) is 0 Å². The predicted molar refractivity (Wildman–Crippen MR) is 70.9 cm³/mol. The maximum atomic E-state index is 12.0. The van der Waals surface area contributed by atoms with E-state index in [1.54, 1.807) is 0 Å². The average Bonchev–Trinajstić information content (AvgIpc) is 2.60. The minimum Gasteiger partial charge on any atom is -0.480 e. The SMILES string of the molecule is CCCC(C)(NC(=O)Cc1c(C)n[nH]c1C)C(=O)O. The summed E-state index contributed by atoms with van der Waals surface area (Å²) in [6.07, 6.45) is 1.23. The quantitative estimate of drug-likeness (QED) is 0.724. The van der Waals surface area contributed by atoms with E-state index < -0.39 is 11.5 Å². The van der Waals surface area contributed by atoms with E-state index in [4.69, 9.17) is 0 Å². The number of hydrogen-bond acceptors (Lipinski definition) is 3. The van der Waals surface area contributed by atoms with E-state index >= 15 is 0 Å². The summed E-state index contributed by atoms with van der Waals surface area (Å²) >= 11 is 0. The smallest absolute Gasteiger partial charge is 0.329 e. The zero-order chi connectivity index (χ0) is 14.6. The van der Waals surface area contributed by atoms with Gasteiger partial charge < -0.3 is 10.4 Å². The van der Waals surface area contributed by atoms with Gasteiger partial charge in [-0.2, -0.15) is 5.10 Å². The van der Waals surface area contributed by atoms with Crippen molar-refractivity contribution in [2.45, 2.75) is 52.5 Å². The van der Waals surface area contributed by atoms with Crippen molar-refractivity contribution >= 4 is 11.9 Å². The van der Waals surface area contributed by atoms with Crippen LogP contribution >= 0.6 is 0 Å². The molecule has 1 heterocycles. The maximum absolute atomic E-state index is 12.0. The second kappa shape index (κ2) is 5.86. The Labute approximate surface area is 112 Å². The van der Waals surface area contributed by atoms with Crippen molar-refractivity contribution in [2.24, 2.45) is 0 Å². The molecule has 1 atom stereocenters. The predicted octanol–water partition coefficient (Wildman–Crippen LogP) is 1.33. The van der Waals surface area contributed by atoms with E-state index in [-0.39, 0.29) is 12.3 Å². The standard InChI is InChI=1S/C13H21N3O3/c1-5-6-13(4,12(18)19)14-11(17)7-10-8(2)15-16-9(10)3/h5-7H2,1-4H3,(H,14,17)(H,15,16)(H,18,19). The zero-order valence-corrected chi connectivity index (χ0v) is 11.8. The topological polar surface area (TPSA) is 95.1 Å². The highest BCUT2D eigenvalue weighted by Crippen LogP contribution is 2.15. The number of carboxylic acid groups (broad SMARTS) is 1. The minimum atomic E-state index is -1.21. The van der Waals surface area contributed by atoms with Gasteiger partial charge in [0.05, 0.1) is 12.1 Å². The summed E-state index contributed by atoms with van der Waals surface area (Å²) < 4.78 is 0. The third-order valence-electron chi connectivity index (χ3n) is 3.26. The molecule has 1 aromatic rings. The molecule has 0 radical (unpaired) electrons. The van der Waals surface area contributed by atoms with Crippen LogP contribution in [0.5, 0.6) is 0 Å². The molecule has 1 amide bonds. The zero-order valence-electron chi connectivity index (χ0n) is 11.8. The van der Waals surface area contributed by atoms with E-state index in [9.17, 15) is 14.7 Å². The fourth-order valence-electron chi connectivity index (χ4n) is 2.07. The van der Waals surface area contributed by atoms with Crippen molar-refractivity contribution in [1.29, 1.82) is 0 Å². The average molecular weight is 267 g/mol. The molecule has 106 valence electrons. The number of nitrogens with one attached hydrogen (secondary N) is 2. The molecule has 1 rings (SSSR count). The third-order valence-corrected chi connectivity index (χ3v) is 3.26. The number of amides is 1. The van der Waals surface area contributed by atoms with E-state index in [0.717, 1.165) is 17.0 Å². The first kappa shape index (κ1) is 15.2. The fourth-order valence-corrected chi connectivity index (χ4v) is 2.07. The number of H-pyrrole nitrogens is 1. The summed E-state index contributed by atoms with van der Waals surface area (Å²) in [5.74, 6) is -1.31. The normalized spacial score (nSPS) is 13.9. The lowest BCUT2D eigenvalue weighted by atomic mass is 9.95. The molecular formula is C13H21N3O3. The number of carbonyl (C=O) groups is 2. The van der Waals surface area contributed by atoms with Gasteiger partial charge in [-0.3, -0.25) is 9.89 Å². The van der Waals surface area contributed by atoms with Gasteiger partial charge in [0.2, 0.25) is 5.91 Å². The first-order chi connectivity index (χ1) is 8.80. The van der Waals surface area contributed by atoms with Crippen LogP contribution in [0.15, 0.2) is 0 Å². The summed E-state index contributed by atoms with van der Waals surface area (Å²) in [4.78, 5) is 23.2. The van der Waals surface area contributed by atoms with Crippen LogP contribution in [0.25, 0.3) is 0 Å². The first-order valence-electron chi connectivity index (χ1n) is 6.35. The fraction of sp³-hybridized carbons (Fsp3) is 0.615. The van der Waals surface area contributed by atoms with Crippen molar-refractivity contribution in [3.8, 4) is 0 Å². The molecule has 19 heavy (non-hydrogen) atoms. The highest BCUT2D eigenvalue weighted by atomic mass is 16.4. The van der Waals surface area contributed by atoms with E-state index in [1.807, 2.05) is 20.8 Å². The highest BCUT2D eigenvalue weighted by molar-refractivity contribution is 5.87. The number of carbonyl (C=O) groups excluding carboxylic acids is 1. The Balaban J connectivity index is 2.77. The molecule has 0 bridgehead atoms. The lowest BCUT2D eigenvalue weighted by Crippen LogP contribution is -2.52. The van der Waals surface area contributed by atoms with Gasteiger partial charge in [0.25, 0.3) is 0 Å². The van der Waals surface area contributed by atoms with Crippen molar-refractivity contribution < 1.29 is 14.7 Å². The van der Waals surface area contributed by atoms with E-state index in [1.165, 1.54) is 6.92 Å². The minimum absolute atomic E-state index is 0.140. The summed E-state index contributed by atoms with van der Waals surface area (Å²) in [5.41, 5.74) is 1.21. The molecule has 0 saturated heterocycles. The molecule has 0 fully saturated rings. The van der Waals surface area contributed by atoms with E-state index in [2.05, 4.69) is 15.5 Å². The van der Waals surface area contributed by atoms with Gasteiger partial charge in [-0.05, 0) is 27.2 Å². The van der Waals surface area contributed by atoms with Crippen molar-refractivity contribution in [3.05, 3.63) is 17.0 Å². The van der Waals surface area contributed by atoms with Gasteiger partial charge in [0.15, 0.2) is 0 Å². The number of carboxylic acids is 1. The number of nitrogens with zero attached hydrogens (tertiary/aromatic N) is 1. The molecule has 1 aromatic heterocycles. The molecule has 6 heteroatoms. The summed E-state index contributed by atoms with van der Waals surface area (Å²) in [5, 5.41) is 18.6. The monoisotopic (exact) mass is 267 g/mol. The van der Waals surface area contributed by atoms with Crippen molar-refractivity contribution in [1.82, 2.24) is 15.5 Å². The van der Waals surface area contributed by atoms with Crippen LogP contribution in [0.4, 0.5) is 0 Å². The number of aliphatic carboxylic acids is 1. The molecular weight excluding hydrogens is 246 g/mol.